The second-order valence-electron chi connectivity index (χ2n) is 11.0. The van der Waals surface area contributed by atoms with Crippen LogP contribution in [0, 0.1) is 5.92 Å². The molecule has 1 heterocycles. The normalized spacial score (nSPS) is 27.8. The van der Waals surface area contributed by atoms with Gasteiger partial charge in [0.05, 0.1) is 0 Å². The van der Waals surface area contributed by atoms with E-state index in [1.165, 1.54) is 6.92 Å². The lowest BCUT2D eigenvalue weighted by atomic mass is 9.68. The number of hydroxylamine groups is 2. The van der Waals surface area contributed by atoms with Crippen molar-refractivity contribution in [3.63, 3.8) is 0 Å². The Labute approximate surface area is 222 Å². The van der Waals surface area contributed by atoms with Crippen molar-refractivity contribution < 1.29 is 19.2 Å². The number of hydrogen-bond donors (Lipinski definition) is 1. The Kier molecular flexibility index (Phi) is 9.19. The zero-order valence-corrected chi connectivity index (χ0v) is 23.7. The van der Waals surface area contributed by atoms with Gasteiger partial charge >= 0.3 is 5.97 Å². The van der Waals surface area contributed by atoms with E-state index in [-0.39, 0.29) is 47.1 Å². The first kappa shape index (κ1) is 28.9. The first-order valence-electron chi connectivity index (χ1n) is 13.5. The molecule has 0 spiro atoms. The largest absolute Gasteiger partial charge is 0.458 e. The van der Waals surface area contributed by atoms with Gasteiger partial charge in [-0.05, 0) is 76.1 Å². The summed E-state index contributed by atoms with van der Waals surface area (Å²) in [6.07, 6.45) is 2.11. The van der Waals surface area contributed by atoms with E-state index in [0.29, 0.717) is 5.56 Å². The number of nitrogens with one attached hydrogen (secondary N) is 1. The number of benzene rings is 2. The molecule has 1 N–H and O–H groups in total. The standard InChI is InChI=1S/C31H44N2O4/c1-9-30(7)20-28(32-29(35)27-14-12-11-13-15-27)21(3)31(8,10-2)33(30)37-23(5)26-18-16-25(17-19-26)22(4)36-24(6)34/h11-19,21-23,28H,9-10,20H2,1-8H3,(H,32,35). The quantitative estimate of drug-likeness (QED) is 0.378. The van der Waals surface area contributed by atoms with Crippen LogP contribution >= 0.6 is 0 Å². The highest BCUT2D eigenvalue weighted by Crippen LogP contribution is 2.47. The van der Waals surface area contributed by atoms with Crippen LogP contribution in [0.3, 0.4) is 0 Å². The van der Waals surface area contributed by atoms with E-state index in [9.17, 15) is 9.59 Å². The molecule has 0 saturated carbocycles. The average Bonchev–Trinajstić information content (AvgIpc) is 2.89. The molecule has 0 aliphatic carbocycles. The van der Waals surface area contributed by atoms with Gasteiger partial charge in [-0.1, -0.05) is 63.2 Å². The summed E-state index contributed by atoms with van der Waals surface area (Å²) >= 11 is 0. The van der Waals surface area contributed by atoms with Crippen molar-refractivity contribution in [2.24, 2.45) is 5.92 Å². The molecular formula is C31H44N2O4. The van der Waals surface area contributed by atoms with Gasteiger partial charge in [0.25, 0.3) is 5.91 Å². The molecular weight excluding hydrogens is 464 g/mol. The highest BCUT2D eigenvalue weighted by molar-refractivity contribution is 5.94. The summed E-state index contributed by atoms with van der Waals surface area (Å²) in [6, 6.07) is 17.5. The van der Waals surface area contributed by atoms with Crippen molar-refractivity contribution in [2.75, 3.05) is 0 Å². The number of hydrogen-bond acceptors (Lipinski definition) is 5. The fraction of sp³-hybridized carbons (Fsp3) is 0.548. The fourth-order valence-electron chi connectivity index (χ4n) is 5.56. The van der Waals surface area contributed by atoms with Crippen LogP contribution in [0.2, 0.25) is 0 Å². The molecule has 1 fully saturated rings. The Hall–Kier alpha value is -2.70. The van der Waals surface area contributed by atoms with Gasteiger partial charge in [-0.3, -0.25) is 14.4 Å². The summed E-state index contributed by atoms with van der Waals surface area (Å²) in [5.41, 5.74) is 2.15. The van der Waals surface area contributed by atoms with Crippen LogP contribution in [0.1, 0.15) is 108 Å². The van der Waals surface area contributed by atoms with E-state index in [1.807, 2.05) is 61.5 Å². The topological polar surface area (TPSA) is 67.9 Å². The van der Waals surface area contributed by atoms with Crippen molar-refractivity contribution >= 4 is 11.9 Å². The molecule has 6 atom stereocenters. The summed E-state index contributed by atoms with van der Waals surface area (Å²) in [7, 11) is 0. The Bertz CT molecular complexity index is 1060. The monoisotopic (exact) mass is 508 g/mol. The lowest BCUT2D eigenvalue weighted by Crippen LogP contribution is -2.70. The van der Waals surface area contributed by atoms with E-state index in [1.54, 1.807) is 0 Å². The number of carbonyl (C=O) groups is 2. The maximum absolute atomic E-state index is 13.1. The SMILES string of the molecule is CCC1(C)CC(NC(=O)c2ccccc2)C(C)C(C)(CC)N1OC(C)c1ccc(C(C)OC(C)=O)cc1. The lowest BCUT2D eigenvalue weighted by Gasteiger charge is -2.60. The molecule has 6 unspecified atom stereocenters. The molecule has 1 aliphatic heterocycles. The van der Waals surface area contributed by atoms with E-state index < -0.39 is 0 Å². The number of carbonyl (C=O) groups excluding carboxylic acids is 2. The number of rotatable bonds is 9. The molecule has 3 rings (SSSR count). The van der Waals surface area contributed by atoms with Crippen LogP contribution < -0.4 is 5.32 Å². The van der Waals surface area contributed by atoms with E-state index in [4.69, 9.17) is 9.57 Å². The van der Waals surface area contributed by atoms with Crippen molar-refractivity contribution in [1.82, 2.24) is 10.4 Å². The van der Waals surface area contributed by atoms with Gasteiger partial charge in [-0.2, -0.15) is 5.06 Å². The Balaban J connectivity index is 1.81. The van der Waals surface area contributed by atoms with Crippen LogP contribution in [-0.4, -0.2) is 34.1 Å². The molecule has 202 valence electrons. The van der Waals surface area contributed by atoms with Gasteiger partial charge in [0.15, 0.2) is 0 Å². The molecule has 2 aromatic carbocycles. The van der Waals surface area contributed by atoms with Crippen LogP contribution in [0.25, 0.3) is 0 Å². The first-order valence-corrected chi connectivity index (χ1v) is 13.5. The minimum Gasteiger partial charge on any atom is -0.458 e. The average molecular weight is 509 g/mol. The van der Waals surface area contributed by atoms with Crippen molar-refractivity contribution in [3.8, 4) is 0 Å². The van der Waals surface area contributed by atoms with Crippen LogP contribution in [0.15, 0.2) is 54.6 Å². The molecule has 6 nitrogen and oxygen atoms in total. The van der Waals surface area contributed by atoms with Gasteiger partial charge in [0, 0.05) is 29.6 Å². The zero-order valence-electron chi connectivity index (χ0n) is 23.7. The summed E-state index contributed by atoms with van der Waals surface area (Å²) in [4.78, 5) is 31.2. The third-order valence-corrected chi connectivity index (χ3v) is 8.51. The lowest BCUT2D eigenvalue weighted by molar-refractivity contribution is -0.327. The predicted octanol–water partition coefficient (Wildman–Crippen LogP) is 6.78. The van der Waals surface area contributed by atoms with Crippen molar-refractivity contribution in [2.45, 2.75) is 104 Å². The highest BCUT2D eigenvalue weighted by atomic mass is 16.7. The molecule has 1 aliphatic rings. The number of amides is 1. The minimum absolute atomic E-state index is 0.0276. The van der Waals surface area contributed by atoms with E-state index in [2.05, 4.69) is 51.9 Å². The van der Waals surface area contributed by atoms with Gasteiger partial charge in [0.1, 0.15) is 12.2 Å². The minimum atomic E-state index is -0.291. The first-order chi connectivity index (χ1) is 17.4. The molecule has 1 amide bonds. The number of esters is 1. The van der Waals surface area contributed by atoms with Gasteiger partial charge in [0.2, 0.25) is 0 Å². The molecule has 37 heavy (non-hydrogen) atoms. The van der Waals surface area contributed by atoms with Gasteiger partial charge in [-0.15, -0.1) is 0 Å². The second kappa shape index (κ2) is 11.8. The maximum atomic E-state index is 13.1. The molecule has 0 bridgehead atoms. The molecule has 0 aromatic heterocycles. The fourth-order valence-corrected chi connectivity index (χ4v) is 5.56. The van der Waals surface area contributed by atoms with Crippen molar-refractivity contribution in [3.05, 3.63) is 71.3 Å². The van der Waals surface area contributed by atoms with Crippen molar-refractivity contribution in [1.29, 1.82) is 0 Å². The Morgan fingerprint density at radius 2 is 1.54 bits per heavy atom. The third kappa shape index (κ3) is 6.24. The zero-order chi connectivity index (χ0) is 27.4. The highest BCUT2D eigenvalue weighted by Gasteiger charge is 2.54. The number of nitrogens with zero attached hydrogens (tertiary/aromatic N) is 1. The van der Waals surface area contributed by atoms with Crippen LogP contribution in [0.4, 0.5) is 0 Å². The molecule has 0 radical (unpaired) electrons. The van der Waals surface area contributed by atoms with Gasteiger partial charge < -0.3 is 10.1 Å². The Morgan fingerprint density at radius 3 is 2.05 bits per heavy atom. The second-order valence-corrected chi connectivity index (χ2v) is 11.0. The van der Waals surface area contributed by atoms with E-state index >= 15 is 0 Å². The third-order valence-electron chi connectivity index (χ3n) is 8.51. The smallest absolute Gasteiger partial charge is 0.303 e. The maximum Gasteiger partial charge on any atom is 0.303 e. The van der Waals surface area contributed by atoms with E-state index in [0.717, 1.165) is 30.4 Å². The number of ether oxygens (including phenoxy) is 1. The molecule has 2 aromatic rings. The Morgan fingerprint density at radius 1 is 0.973 bits per heavy atom. The predicted molar refractivity (Wildman–Crippen MR) is 147 cm³/mol. The summed E-state index contributed by atoms with van der Waals surface area (Å²) in [5, 5.41) is 5.57. The van der Waals surface area contributed by atoms with Gasteiger partial charge in [-0.25, -0.2) is 0 Å². The summed E-state index contributed by atoms with van der Waals surface area (Å²) < 4.78 is 5.31. The summed E-state index contributed by atoms with van der Waals surface area (Å²) in [5.74, 6) is -0.146. The molecule has 6 heteroatoms. The summed E-state index contributed by atoms with van der Waals surface area (Å²) in [6.45, 7) is 16.5. The van der Waals surface area contributed by atoms with Crippen LogP contribution in [-0.2, 0) is 14.4 Å². The molecule has 1 saturated heterocycles. The van der Waals surface area contributed by atoms with Crippen LogP contribution in [0.5, 0.6) is 0 Å². The number of piperidine rings is 1.